The molecule has 0 saturated heterocycles. The van der Waals surface area contributed by atoms with Gasteiger partial charge in [0.15, 0.2) is 11.6 Å². The van der Waals surface area contributed by atoms with Crippen LogP contribution in [-0.2, 0) is 0 Å². The Labute approximate surface area is 74.7 Å². The smallest absolute Gasteiger partial charge is 0.167 e. The van der Waals surface area contributed by atoms with Crippen LogP contribution in [-0.4, -0.2) is 5.71 Å². The van der Waals surface area contributed by atoms with Crippen LogP contribution in [0.15, 0.2) is 22.6 Å². The summed E-state index contributed by atoms with van der Waals surface area (Å²) in [5, 5.41) is 0. The maximum atomic E-state index is 12.9. The molecule has 4 heteroatoms. The summed E-state index contributed by atoms with van der Waals surface area (Å²) < 4.78 is 29.0. The van der Waals surface area contributed by atoms with Gasteiger partial charge in [0, 0.05) is 5.56 Å². The molecule has 0 saturated carbocycles. The first-order valence-electron chi connectivity index (χ1n) is 3.30. The van der Waals surface area contributed by atoms with Crippen LogP contribution in [0.5, 0.6) is 0 Å². The third kappa shape index (κ3) is 1.64. The predicted molar refractivity (Wildman–Crippen MR) is 47.6 cm³/mol. The number of benzene rings is 1. The Morgan fingerprint density at radius 2 is 2.08 bits per heavy atom. The molecule has 12 heavy (non-hydrogen) atoms. The van der Waals surface area contributed by atoms with E-state index in [0.717, 1.165) is 6.07 Å². The zero-order valence-corrected chi connectivity index (χ0v) is 7.28. The van der Waals surface area contributed by atoms with Crippen molar-refractivity contribution in [1.29, 1.82) is 0 Å². The summed E-state index contributed by atoms with van der Waals surface area (Å²) >= 11 is 3.61. The Balaban J connectivity index is 3.26. The maximum absolute atomic E-state index is 12.9. The molecule has 1 aromatic carbocycles. The lowest BCUT2D eigenvalue weighted by Gasteiger charge is -2.00. The number of halogens is 2. The molecule has 0 amide bonds. The highest BCUT2D eigenvalue weighted by atomic mass is 32.1. The topological polar surface area (TPSA) is 12.4 Å². The molecular formula is C8H7F2NS. The molecular weight excluding hydrogens is 180 g/mol. The van der Waals surface area contributed by atoms with E-state index in [9.17, 15) is 8.78 Å². The van der Waals surface area contributed by atoms with E-state index < -0.39 is 11.6 Å². The van der Waals surface area contributed by atoms with Crippen LogP contribution in [0.2, 0.25) is 0 Å². The highest BCUT2D eigenvalue weighted by Crippen LogP contribution is 2.12. The molecule has 1 aromatic rings. The maximum Gasteiger partial charge on any atom is 0.167 e. The zero-order valence-electron chi connectivity index (χ0n) is 6.38. The summed E-state index contributed by atoms with van der Waals surface area (Å²) in [6.45, 7) is 1.56. The highest BCUT2D eigenvalue weighted by molar-refractivity contribution is 7.79. The van der Waals surface area contributed by atoms with Crippen LogP contribution in [0.4, 0.5) is 8.78 Å². The van der Waals surface area contributed by atoms with Gasteiger partial charge in [0.05, 0.1) is 5.71 Å². The molecule has 0 spiro atoms. The molecule has 1 nitrogen and oxygen atoms in total. The first kappa shape index (κ1) is 9.19. The SMILES string of the molecule is CC(=NS)c1cccc(F)c1F. The van der Waals surface area contributed by atoms with Gasteiger partial charge in [0.2, 0.25) is 0 Å². The molecule has 0 aliphatic carbocycles. The molecule has 0 N–H and O–H groups in total. The molecule has 64 valence electrons. The Morgan fingerprint density at radius 1 is 1.42 bits per heavy atom. The second-order valence-electron chi connectivity index (χ2n) is 2.29. The molecule has 0 aromatic heterocycles. The molecule has 0 fully saturated rings. The quantitative estimate of drug-likeness (QED) is 0.512. The van der Waals surface area contributed by atoms with Crippen molar-refractivity contribution in [2.45, 2.75) is 6.92 Å². The Bertz CT molecular complexity index is 323. The predicted octanol–water partition coefficient (Wildman–Crippen LogP) is 2.62. The monoisotopic (exact) mass is 187 g/mol. The Morgan fingerprint density at radius 3 is 2.67 bits per heavy atom. The van der Waals surface area contributed by atoms with Gasteiger partial charge < -0.3 is 0 Å². The lowest BCUT2D eigenvalue weighted by Crippen LogP contribution is -1.99. The van der Waals surface area contributed by atoms with Gasteiger partial charge in [-0.1, -0.05) is 6.07 Å². The largest absolute Gasteiger partial charge is 0.224 e. The first-order valence-corrected chi connectivity index (χ1v) is 3.70. The molecule has 0 heterocycles. The van der Waals surface area contributed by atoms with E-state index in [1.54, 1.807) is 6.92 Å². The third-order valence-electron chi connectivity index (χ3n) is 1.49. The lowest BCUT2D eigenvalue weighted by molar-refractivity contribution is 0.507. The fourth-order valence-electron chi connectivity index (χ4n) is 0.837. The van der Waals surface area contributed by atoms with Crippen LogP contribution in [0.1, 0.15) is 12.5 Å². The van der Waals surface area contributed by atoms with Gasteiger partial charge in [-0.2, -0.15) is 0 Å². The van der Waals surface area contributed by atoms with Crippen molar-refractivity contribution in [3.8, 4) is 0 Å². The van der Waals surface area contributed by atoms with E-state index in [2.05, 4.69) is 17.2 Å². The first-order chi connectivity index (χ1) is 5.66. The van der Waals surface area contributed by atoms with Crippen LogP contribution < -0.4 is 0 Å². The van der Waals surface area contributed by atoms with Gasteiger partial charge in [-0.15, -0.1) is 0 Å². The van der Waals surface area contributed by atoms with Crippen molar-refractivity contribution in [3.05, 3.63) is 35.4 Å². The van der Waals surface area contributed by atoms with Gasteiger partial charge in [-0.25, -0.2) is 13.2 Å². The molecule has 1 rings (SSSR count). The summed E-state index contributed by atoms with van der Waals surface area (Å²) in [7, 11) is 0. The van der Waals surface area contributed by atoms with Crippen LogP contribution in [0, 0.1) is 11.6 Å². The summed E-state index contributed by atoms with van der Waals surface area (Å²) in [5.74, 6) is -1.75. The minimum Gasteiger partial charge on any atom is -0.224 e. The number of rotatable bonds is 1. The van der Waals surface area contributed by atoms with Crippen molar-refractivity contribution in [1.82, 2.24) is 0 Å². The van der Waals surface area contributed by atoms with E-state index in [4.69, 9.17) is 0 Å². The van der Waals surface area contributed by atoms with Gasteiger partial charge in [-0.3, -0.25) is 0 Å². The van der Waals surface area contributed by atoms with Crippen LogP contribution in [0.3, 0.4) is 0 Å². The van der Waals surface area contributed by atoms with E-state index in [1.807, 2.05) is 0 Å². The second kappa shape index (κ2) is 3.67. The van der Waals surface area contributed by atoms with E-state index in [0.29, 0.717) is 5.71 Å². The van der Waals surface area contributed by atoms with E-state index >= 15 is 0 Å². The molecule has 0 unspecified atom stereocenters. The molecule has 0 aliphatic heterocycles. The highest BCUT2D eigenvalue weighted by Gasteiger charge is 2.08. The van der Waals surface area contributed by atoms with Crippen molar-refractivity contribution in [3.63, 3.8) is 0 Å². The number of hydrogen-bond acceptors (Lipinski definition) is 2. The van der Waals surface area contributed by atoms with Crippen molar-refractivity contribution >= 4 is 18.5 Å². The van der Waals surface area contributed by atoms with Crippen molar-refractivity contribution in [2.24, 2.45) is 4.40 Å². The molecule has 0 atom stereocenters. The van der Waals surface area contributed by atoms with Crippen molar-refractivity contribution in [2.75, 3.05) is 0 Å². The van der Waals surface area contributed by atoms with E-state index in [-0.39, 0.29) is 5.56 Å². The molecule has 0 bridgehead atoms. The second-order valence-corrected chi connectivity index (χ2v) is 2.49. The Hall–Kier alpha value is -0.900. The standard InChI is InChI=1S/C8H7F2NS/c1-5(11-12)6-3-2-4-7(9)8(6)10/h2-4,12H,1H3. The van der Waals surface area contributed by atoms with Gasteiger partial charge in [0.25, 0.3) is 0 Å². The lowest BCUT2D eigenvalue weighted by atomic mass is 10.1. The molecule has 0 aliphatic rings. The van der Waals surface area contributed by atoms with E-state index in [1.165, 1.54) is 12.1 Å². The summed E-state index contributed by atoms with van der Waals surface area (Å²) in [5.41, 5.74) is 0.500. The average molecular weight is 187 g/mol. The Kier molecular flexibility index (Phi) is 2.81. The fourth-order valence-corrected chi connectivity index (χ4v) is 0.945. The summed E-state index contributed by atoms with van der Waals surface area (Å²) in [6, 6.07) is 3.94. The number of nitrogens with zero attached hydrogens (tertiary/aromatic N) is 1. The third-order valence-corrected chi connectivity index (χ3v) is 1.79. The average Bonchev–Trinajstić information content (AvgIpc) is 2.08. The molecule has 0 radical (unpaired) electrons. The number of hydrogen-bond donors (Lipinski definition) is 1. The normalized spacial score (nSPS) is 11.8. The van der Waals surface area contributed by atoms with Crippen molar-refractivity contribution < 1.29 is 8.78 Å². The van der Waals surface area contributed by atoms with Gasteiger partial charge >= 0.3 is 0 Å². The zero-order chi connectivity index (χ0) is 9.14. The minimum absolute atomic E-state index is 0.144. The summed E-state index contributed by atoms with van der Waals surface area (Å²) in [4.78, 5) is 0. The van der Waals surface area contributed by atoms with Gasteiger partial charge in [0.1, 0.15) is 0 Å². The van der Waals surface area contributed by atoms with Crippen LogP contribution in [0.25, 0.3) is 0 Å². The fraction of sp³-hybridized carbons (Fsp3) is 0.125. The minimum atomic E-state index is -0.882. The van der Waals surface area contributed by atoms with Crippen LogP contribution >= 0.6 is 12.8 Å². The number of thiol groups is 1. The van der Waals surface area contributed by atoms with Gasteiger partial charge in [-0.05, 0) is 31.9 Å². The summed E-state index contributed by atoms with van der Waals surface area (Å²) in [6.07, 6.45) is 0.